The van der Waals surface area contributed by atoms with E-state index in [1.54, 1.807) is 6.08 Å². The number of nitrogens with one attached hydrogen (secondary N) is 1. The first-order chi connectivity index (χ1) is 40.7. The molecule has 0 fully saturated rings. The van der Waals surface area contributed by atoms with Crippen molar-refractivity contribution in [3.8, 4) is 0 Å². The molecule has 482 valence electrons. The van der Waals surface area contributed by atoms with Gasteiger partial charge in [0.15, 0.2) is 0 Å². The molecule has 0 saturated heterocycles. The lowest BCUT2D eigenvalue weighted by Gasteiger charge is -2.19. The number of allylic oxidation sites excluding steroid dienone is 9. The Labute approximate surface area is 515 Å². The van der Waals surface area contributed by atoms with Gasteiger partial charge in [0, 0.05) is 6.42 Å². The Hall–Kier alpha value is -1.91. The number of aliphatic hydroxyl groups excluding tert-OH is 2. The fraction of sp³-hybridized carbons (Fsp3) is 0.859. The molecule has 4 heteroatoms. The Kier molecular flexibility index (Phi) is 71.6. The second kappa shape index (κ2) is 73.3. The summed E-state index contributed by atoms with van der Waals surface area (Å²) in [7, 11) is 0. The van der Waals surface area contributed by atoms with Crippen molar-refractivity contribution in [1.29, 1.82) is 0 Å². The second-order valence-electron chi connectivity index (χ2n) is 25.7. The Balaban J connectivity index is 3.45. The minimum absolute atomic E-state index is 0.0706. The third kappa shape index (κ3) is 68.9. The van der Waals surface area contributed by atoms with Crippen LogP contribution in [0.2, 0.25) is 0 Å². The zero-order valence-electron chi connectivity index (χ0n) is 55.8. The van der Waals surface area contributed by atoms with Crippen LogP contribution in [0.5, 0.6) is 0 Å². The molecular formula is C78H147NO3. The van der Waals surface area contributed by atoms with Crippen LogP contribution in [0.25, 0.3) is 0 Å². The Morgan fingerprint density at radius 2 is 0.512 bits per heavy atom. The minimum Gasteiger partial charge on any atom is -0.394 e. The van der Waals surface area contributed by atoms with Crippen molar-refractivity contribution in [1.82, 2.24) is 5.32 Å². The fourth-order valence-electron chi connectivity index (χ4n) is 11.8. The number of carbonyl (C=O) groups excluding carboxylic acids is 1. The lowest BCUT2D eigenvalue weighted by atomic mass is 10.0. The Morgan fingerprint density at radius 3 is 0.780 bits per heavy atom. The molecule has 0 radical (unpaired) electrons. The normalized spacial score (nSPS) is 13.0. The van der Waals surface area contributed by atoms with Crippen LogP contribution in [-0.4, -0.2) is 34.9 Å². The molecule has 0 bridgehead atoms. The first kappa shape index (κ1) is 80.1. The summed E-state index contributed by atoms with van der Waals surface area (Å²) in [6, 6.07) is -0.648. The number of amides is 1. The number of hydrogen-bond acceptors (Lipinski definition) is 3. The fourth-order valence-corrected chi connectivity index (χ4v) is 11.8. The average Bonchev–Trinajstić information content (AvgIpc) is 3.50. The van der Waals surface area contributed by atoms with E-state index in [2.05, 4.69) is 67.8 Å². The maximum absolute atomic E-state index is 12.6. The molecule has 2 unspecified atom stereocenters. The van der Waals surface area contributed by atoms with E-state index in [1.165, 1.54) is 347 Å². The molecule has 0 aromatic rings. The highest BCUT2D eigenvalue weighted by Crippen LogP contribution is 2.19. The molecule has 0 saturated carbocycles. The van der Waals surface area contributed by atoms with Crippen molar-refractivity contribution in [3.05, 3.63) is 60.8 Å². The Bertz CT molecular complexity index is 1350. The van der Waals surface area contributed by atoms with Gasteiger partial charge in [0.25, 0.3) is 0 Å². The quantitative estimate of drug-likeness (QED) is 0.0420. The number of unbranched alkanes of at least 4 members (excludes halogenated alkanes) is 55. The largest absolute Gasteiger partial charge is 0.394 e. The summed E-state index contributed by atoms with van der Waals surface area (Å²) in [6.45, 7) is 4.33. The molecule has 0 aliphatic heterocycles. The van der Waals surface area contributed by atoms with Gasteiger partial charge < -0.3 is 15.5 Å². The summed E-state index contributed by atoms with van der Waals surface area (Å²) in [4.78, 5) is 12.6. The van der Waals surface area contributed by atoms with Gasteiger partial charge in [-0.3, -0.25) is 4.79 Å². The highest BCUT2D eigenvalue weighted by molar-refractivity contribution is 5.76. The van der Waals surface area contributed by atoms with Gasteiger partial charge >= 0.3 is 0 Å². The molecule has 0 aromatic carbocycles. The van der Waals surface area contributed by atoms with Gasteiger partial charge in [0.2, 0.25) is 5.91 Å². The van der Waals surface area contributed by atoms with Crippen LogP contribution >= 0.6 is 0 Å². The smallest absolute Gasteiger partial charge is 0.220 e. The number of aliphatic hydroxyl groups is 2. The van der Waals surface area contributed by atoms with Gasteiger partial charge in [-0.05, 0) is 77.0 Å². The van der Waals surface area contributed by atoms with Gasteiger partial charge in [-0.15, -0.1) is 0 Å². The van der Waals surface area contributed by atoms with Gasteiger partial charge in [-0.2, -0.15) is 0 Å². The molecule has 82 heavy (non-hydrogen) atoms. The summed E-state index contributed by atoms with van der Waals surface area (Å²) < 4.78 is 0. The van der Waals surface area contributed by atoms with Crippen molar-refractivity contribution in [2.45, 2.75) is 424 Å². The van der Waals surface area contributed by atoms with E-state index in [9.17, 15) is 15.0 Å². The van der Waals surface area contributed by atoms with E-state index < -0.39 is 12.1 Å². The van der Waals surface area contributed by atoms with Crippen LogP contribution in [0.3, 0.4) is 0 Å². The monoisotopic (exact) mass is 1150 g/mol. The molecule has 0 heterocycles. The van der Waals surface area contributed by atoms with Crippen LogP contribution in [0, 0.1) is 0 Å². The molecular weight excluding hydrogens is 999 g/mol. The van der Waals surface area contributed by atoms with Crippen molar-refractivity contribution >= 4 is 5.91 Å². The van der Waals surface area contributed by atoms with Crippen LogP contribution in [-0.2, 0) is 4.79 Å². The highest BCUT2D eigenvalue weighted by Gasteiger charge is 2.18. The standard InChI is InChI=1S/C78H147NO3/c1-3-5-7-9-11-13-15-17-19-21-23-25-27-29-31-33-35-37-38-39-40-42-44-46-48-50-52-54-56-58-60-62-64-66-68-70-72-74-78(82)79-76(75-80)77(81)73-71-69-67-65-63-61-59-57-55-53-51-49-47-45-43-41-36-34-32-30-28-26-24-22-20-18-16-14-12-10-8-6-4-2/h15,17,21,23,55,57,63,65,71,73,76-77,80-81H,3-14,16,18-20,22,24-54,56,58-62,64,66-70,72,74-75H2,1-2H3,(H,79,82)/b17-15-,23-21-,57-55+,65-63+,73-71+. The number of rotatable bonds is 70. The van der Waals surface area contributed by atoms with Gasteiger partial charge in [-0.25, -0.2) is 0 Å². The molecule has 0 aliphatic rings. The third-order valence-corrected chi connectivity index (χ3v) is 17.5. The van der Waals surface area contributed by atoms with Crippen molar-refractivity contribution in [3.63, 3.8) is 0 Å². The first-order valence-electron chi connectivity index (χ1n) is 37.5. The predicted molar refractivity (Wildman–Crippen MR) is 368 cm³/mol. The van der Waals surface area contributed by atoms with Crippen LogP contribution in [0.1, 0.15) is 412 Å². The van der Waals surface area contributed by atoms with Crippen molar-refractivity contribution in [2.75, 3.05) is 6.61 Å². The molecule has 0 rings (SSSR count). The maximum atomic E-state index is 12.6. The summed E-state index contributed by atoms with van der Waals surface area (Å²) >= 11 is 0. The van der Waals surface area contributed by atoms with Crippen molar-refractivity contribution in [2.24, 2.45) is 0 Å². The lowest BCUT2D eigenvalue weighted by molar-refractivity contribution is -0.123. The van der Waals surface area contributed by atoms with Gasteiger partial charge in [0.1, 0.15) is 0 Å². The third-order valence-electron chi connectivity index (χ3n) is 17.5. The zero-order valence-corrected chi connectivity index (χ0v) is 55.8. The molecule has 0 aromatic heterocycles. The SMILES string of the molecule is CCCCCCC/C=C\C/C=C\CCCCCCCCCCCCCCCCCCCCCCCCCCCC(=O)NC(CO)C(O)/C=C/CC/C=C/CC/C=C/CCCCCCCCCCCCCCCCCCCCCCCCC. The van der Waals surface area contributed by atoms with E-state index >= 15 is 0 Å². The van der Waals surface area contributed by atoms with E-state index in [1.807, 2.05) is 6.08 Å². The molecule has 1 amide bonds. The van der Waals surface area contributed by atoms with E-state index in [4.69, 9.17) is 0 Å². The lowest BCUT2D eigenvalue weighted by Crippen LogP contribution is -2.45. The summed E-state index contributed by atoms with van der Waals surface area (Å²) in [5.74, 6) is -0.0706. The summed E-state index contributed by atoms with van der Waals surface area (Å²) in [5.41, 5.74) is 0. The van der Waals surface area contributed by atoms with E-state index in [0.29, 0.717) is 6.42 Å². The number of hydrogen-bond donors (Lipinski definition) is 3. The summed E-state index contributed by atoms with van der Waals surface area (Å²) in [6.07, 6.45) is 105. The van der Waals surface area contributed by atoms with Crippen molar-refractivity contribution < 1.29 is 15.0 Å². The predicted octanol–water partition coefficient (Wildman–Crippen LogP) is 25.8. The van der Waals surface area contributed by atoms with Crippen LogP contribution < -0.4 is 5.32 Å². The molecule has 0 spiro atoms. The van der Waals surface area contributed by atoms with Gasteiger partial charge in [0.05, 0.1) is 18.8 Å². The number of carbonyl (C=O) groups is 1. The molecule has 4 nitrogen and oxygen atoms in total. The summed E-state index contributed by atoms with van der Waals surface area (Å²) in [5, 5.41) is 23.3. The average molecular weight is 1150 g/mol. The molecule has 0 aliphatic carbocycles. The van der Waals surface area contributed by atoms with E-state index in [-0.39, 0.29) is 12.5 Å². The van der Waals surface area contributed by atoms with Gasteiger partial charge in [-0.1, -0.05) is 389 Å². The highest BCUT2D eigenvalue weighted by atomic mass is 16.3. The van der Waals surface area contributed by atoms with Crippen LogP contribution in [0.15, 0.2) is 60.8 Å². The first-order valence-corrected chi connectivity index (χ1v) is 37.5. The maximum Gasteiger partial charge on any atom is 0.220 e. The zero-order chi connectivity index (χ0) is 59.1. The minimum atomic E-state index is -0.873. The molecule has 2 atom stereocenters. The molecule has 3 N–H and O–H groups in total. The van der Waals surface area contributed by atoms with E-state index in [0.717, 1.165) is 44.9 Å². The van der Waals surface area contributed by atoms with Crippen LogP contribution in [0.4, 0.5) is 0 Å². The topological polar surface area (TPSA) is 69.6 Å². The second-order valence-corrected chi connectivity index (χ2v) is 25.7. The Morgan fingerprint density at radius 1 is 0.293 bits per heavy atom.